The lowest BCUT2D eigenvalue weighted by atomic mass is 10.1. The maximum absolute atomic E-state index is 12.9. The summed E-state index contributed by atoms with van der Waals surface area (Å²) < 4.78 is 0. The molecule has 30 heavy (non-hydrogen) atoms. The van der Waals surface area contributed by atoms with Crippen molar-refractivity contribution < 1.29 is 14.6 Å². The van der Waals surface area contributed by atoms with Gasteiger partial charge in [0, 0.05) is 23.3 Å². The number of carbonyl (C=O) groups is 1. The summed E-state index contributed by atoms with van der Waals surface area (Å²) in [7, 11) is 0. The third-order valence-corrected chi connectivity index (χ3v) is 4.42. The number of nitrogens with one attached hydrogen (secondary N) is 2. The summed E-state index contributed by atoms with van der Waals surface area (Å²) in [6.07, 6.45) is 0. The Kier molecular flexibility index (Phi) is 6.23. The van der Waals surface area contributed by atoms with Crippen LogP contribution in [0, 0.1) is 20.2 Å². The highest BCUT2D eigenvalue weighted by Gasteiger charge is 2.27. The molecule has 9 nitrogen and oxygen atoms in total. The molecule has 0 aliphatic rings. The Morgan fingerprint density at radius 1 is 0.933 bits per heavy atom. The largest absolute Gasteiger partial charge is 0.375 e. The fourth-order valence-electron chi connectivity index (χ4n) is 2.74. The first kappa shape index (κ1) is 20.7. The monoisotopic (exact) mass is 426 g/mol. The van der Waals surface area contributed by atoms with E-state index in [0.29, 0.717) is 10.7 Å². The molecule has 0 unspecified atom stereocenters. The zero-order chi connectivity index (χ0) is 21.7. The molecule has 0 aromatic heterocycles. The predicted molar refractivity (Wildman–Crippen MR) is 113 cm³/mol. The van der Waals surface area contributed by atoms with Crippen molar-refractivity contribution in [3.8, 4) is 0 Å². The summed E-state index contributed by atoms with van der Waals surface area (Å²) in [4.78, 5) is 34.1. The maximum atomic E-state index is 12.9. The van der Waals surface area contributed by atoms with Gasteiger partial charge in [0.25, 0.3) is 17.3 Å². The zero-order valence-electron chi connectivity index (χ0n) is 15.4. The number of halogens is 1. The maximum Gasteiger partial charge on any atom is 0.300 e. The van der Waals surface area contributed by atoms with E-state index in [2.05, 4.69) is 10.6 Å². The van der Waals surface area contributed by atoms with E-state index in [9.17, 15) is 25.0 Å². The third-order valence-electron chi connectivity index (χ3n) is 4.17. The summed E-state index contributed by atoms with van der Waals surface area (Å²) in [5.41, 5.74) is -0.265. The number of rotatable bonds is 7. The second kappa shape index (κ2) is 9.01. The second-order valence-electron chi connectivity index (χ2n) is 6.20. The van der Waals surface area contributed by atoms with Crippen molar-refractivity contribution >= 4 is 40.3 Å². The Bertz CT molecular complexity index is 1100. The second-order valence-corrected chi connectivity index (χ2v) is 6.64. The number of amides is 1. The summed E-state index contributed by atoms with van der Waals surface area (Å²) in [5.74, 6) is -0.736. The van der Waals surface area contributed by atoms with Gasteiger partial charge in [0.2, 0.25) is 0 Å². The van der Waals surface area contributed by atoms with Gasteiger partial charge in [-0.15, -0.1) is 0 Å². The molecule has 3 aromatic carbocycles. The Morgan fingerprint density at radius 2 is 1.60 bits per heavy atom. The number of benzene rings is 3. The van der Waals surface area contributed by atoms with Gasteiger partial charge in [-0.05, 0) is 29.8 Å². The molecule has 0 atom stereocenters. The molecule has 0 aliphatic heterocycles. The fraction of sp³-hybridized carbons (Fsp3) is 0.0500. The summed E-state index contributed by atoms with van der Waals surface area (Å²) >= 11 is 5.83. The third kappa shape index (κ3) is 4.89. The molecular weight excluding hydrogens is 412 g/mol. The van der Waals surface area contributed by atoms with Gasteiger partial charge in [-0.1, -0.05) is 41.9 Å². The smallest absolute Gasteiger partial charge is 0.300 e. The molecule has 0 heterocycles. The van der Waals surface area contributed by atoms with Crippen LogP contribution in [0.5, 0.6) is 0 Å². The van der Waals surface area contributed by atoms with Crippen molar-refractivity contribution in [2.45, 2.75) is 6.54 Å². The van der Waals surface area contributed by atoms with Crippen LogP contribution < -0.4 is 10.6 Å². The molecule has 10 heteroatoms. The van der Waals surface area contributed by atoms with Crippen molar-refractivity contribution in [2.24, 2.45) is 0 Å². The van der Waals surface area contributed by atoms with E-state index in [0.717, 1.165) is 17.7 Å². The lowest BCUT2D eigenvalue weighted by molar-refractivity contribution is -0.393. The summed E-state index contributed by atoms with van der Waals surface area (Å²) in [6.45, 7) is 0.181. The molecule has 3 rings (SSSR count). The first-order chi connectivity index (χ1) is 14.3. The number of non-ortho nitro benzene ring substituents is 1. The first-order valence-electron chi connectivity index (χ1n) is 8.66. The zero-order valence-corrected chi connectivity index (χ0v) is 16.1. The topological polar surface area (TPSA) is 127 Å². The van der Waals surface area contributed by atoms with Gasteiger partial charge in [0.05, 0.1) is 21.5 Å². The molecule has 0 aliphatic carbocycles. The normalized spacial score (nSPS) is 10.3. The number of hydrogen-bond donors (Lipinski definition) is 2. The Balaban J connectivity index is 2.02. The molecule has 0 radical (unpaired) electrons. The standard InChI is InChI=1S/C20H15ClN4O5/c21-14-6-8-15(9-7-14)23-20(26)17-10-16(24(27)28)11-18(25(29)30)19(17)22-12-13-4-2-1-3-5-13/h1-11,22H,12H2,(H,23,26). The highest BCUT2D eigenvalue weighted by Crippen LogP contribution is 2.34. The van der Waals surface area contributed by atoms with E-state index in [1.165, 1.54) is 0 Å². The fourth-order valence-corrected chi connectivity index (χ4v) is 2.87. The number of hydrogen-bond acceptors (Lipinski definition) is 6. The number of carbonyl (C=O) groups excluding carboxylic acids is 1. The van der Waals surface area contributed by atoms with Crippen LogP contribution in [0.2, 0.25) is 5.02 Å². The van der Waals surface area contributed by atoms with Crippen molar-refractivity contribution in [3.63, 3.8) is 0 Å². The van der Waals surface area contributed by atoms with Gasteiger partial charge in [0.15, 0.2) is 0 Å². The lowest BCUT2D eigenvalue weighted by Gasteiger charge is -2.13. The first-order valence-corrected chi connectivity index (χ1v) is 9.04. The quantitative estimate of drug-likeness (QED) is 0.403. The van der Waals surface area contributed by atoms with Gasteiger partial charge < -0.3 is 10.6 Å². The molecule has 152 valence electrons. The van der Waals surface area contributed by atoms with Crippen LogP contribution in [0.1, 0.15) is 15.9 Å². The van der Waals surface area contributed by atoms with E-state index < -0.39 is 27.1 Å². The molecular formula is C20H15ClN4O5. The average molecular weight is 427 g/mol. The Labute approximate surface area is 175 Å². The highest BCUT2D eigenvalue weighted by molar-refractivity contribution is 6.30. The van der Waals surface area contributed by atoms with Crippen LogP contribution in [0.3, 0.4) is 0 Å². The van der Waals surface area contributed by atoms with Gasteiger partial charge in [-0.2, -0.15) is 0 Å². The van der Waals surface area contributed by atoms with Crippen molar-refractivity contribution in [1.82, 2.24) is 0 Å². The predicted octanol–water partition coefficient (Wildman–Crippen LogP) is 5.02. The lowest BCUT2D eigenvalue weighted by Crippen LogP contribution is -2.16. The minimum atomic E-state index is -0.785. The van der Waals surface area contributed by atoms with Crippen LogP contribution in [0.15, 0.2) is 66.7 Å². The molecule has 0 bridgehead atoms. The number of anilines is 2. The number of nitro groups is 2. The summed E-state index contributed by atoms with van der Waals surface area (Å²) in [6, 6.07) is 17.1. The number of nitro benzene ring substituents is 2. The van der Waals surface area contributed by atoms with E-state index in [-0.39, 0.29) is 17.8 Å². The summed E-state index contributed by atoms with van der Waals surface area (Å²) in [5, 5.41) is 28.7. The van der Waals surface area contributed by atoms with Gasteiger partial charge in [-0.25, -0.2) is 0 Å². The molecule has 3 aromatic rings. The highest BCUT2D eigenvalue weighted by atomic mass is 35.5. The Hall–Kier alpha value is -3.98. The van der Waals surface area contributed by atoms with Crippen molar-refractivity contribution in [2.75, 3.05) is 10.6 Å². The van der Waals surface area contributed by atoms with Crippen molar-refractivity contribution in [3.05, 3.63) is 103 Å². The van der Waals surface area contributed by atoms with Gasteiger partial charge >= 0.3 is 0 Å². The molecule has 0 saturated heterocycles. The van der Waals surface area contributed by atoms with Crippen LogP contribution in [-0.2, 0) is 6.54 Å². The van der Waals surface area contributed by atoms with Crippen LogP contribution in [-0.4, -0.2) is 15.8 Å². The van der Waals surface area contributed by atoms with E-state index in [1.54, 1.807) is 48.5 Å². The molecule has 0 saturated carbocycles. The van der Waals surface area contributed by atoms with Crippen LogP contribution in [0.4, 0.5) is 22.7 Å². The van der Waals surface area contributed by atoms with Crippen LogP contribution in [0.25, 0.3) is 0 Å². The Morgan fingerprint density at radius 3 is 2.20 bits per heavy atom. The van der Waals surface area contributed by atoms with Gasteiger partial charge in [0.1, 0.15) is 5.69 Å². The minimum absolute atomic E-state index is 0.110. The minimum Gasteiger partial charge on any atom is -0.375 e. The van der Waals surface area contributed by atoms with Crippen molar-refractivity contribution in [1.29, 1.82) is 0 Å². The number of nitrogens with zero attached hydrogens (tertiary/aromatic N) is 2. The van der Waals surface area contributed by atoms with Crippen LogP contribution >= 0.6 is 11.6 Å². The SMILES string of the molecule is O=C(Nc1ccc(Cl)cc1)c1cc([N+](=O)[O-])cc([N+](=O)[O-])c1NCc1ccccc1. The van der Waals surface area contributed by atoms with E-state index >= 15 is 0 Å². The van der Waals surface area contributed by atoms with E-state index in [4.69, 9.17) is 11.6 Å². The van der Waals surface area contributed by atoms with E-state index in [1.807, 2.05) is 6.07 Å². The molecule has 0 fully saturated rings. The molecule has 0 spiro atoms. The average Bonchev–Trinajstić information content (AvgIpc) is 2.73. The molecule has 1 amide bonds. The molecule has 2 N–H and O–H groups in total. The van der Waals surface area contributed by atoms with Gasteiger partial charge in [-0.3, -0.25) is 25.0 Å².